The van der Waals surface area contributed by atoms with Crippen molar-refractivity contribution in [2.24, 2.45) is 5.73 Å². The van der Waals surface area contributed by atoms with Crippen LogP contribution in [-0.4, -0.2) is 23.5 Å². The molecular formula is C17H21N3O. The van der Waals surface area contributed by atoms with Gasteiger partial charge in [0.05, 0.1) is 6.04 Å². The monoisotopic (exact) mass is 283 g/mol. The second-order valence-electron chi connectivity index (χ2n) is 4.92. The van der Waals surface area contributed by atoms with Gasteiger partial charge in [0.2, 0.25) is 5.91 Å². The van der Waals surface area contributed by atoms with Crippen molar-refractivity contribution in [3.63, 3.8) is 0 Å². The van der Waals surface area contributed by atoms with Crippen LogP contribution in [0, 0.1) is 0 Å². The lowest BCUT2D eigenvalue weighted by atomic mass is 10.0. The van der Waals surface area contributed by atoms with Gasteiger partial charge >= 0.3 is 0 Å². The number of likely N-dealkylation sites (N-methyl/N-ethyl adjacent to an activating group) is 1. The van der Waals surface area contributed by atoms with Crippen molar-refractivity contribution in [2.75, 3.05) is 11.4 Å². The molecule has 4 nitrogen and oxygen atoms in total. The number of pyridine rings is 1. The molecule has 1 aromatic heterocycles. The Balaban J connectivity index is 1.97. The van der Waals surface area contributed by atoms with Crippen molar-refractivity contribution in [1.29, 1.82) is 0 Å². The molecule has 0 bridgehead atoms. The van der Waals surface area contributed by atoms with Crippen molar-refractivity contribution in [2.45, 2.75) is 25.8 Å². The molecule has 1 aromatic carbocycles. The highest BCUT2D eigenvalue weighted by atomic mass is 16.2. The largest absolute Gasteiger partial charge is 0.320 e. The zero-order chi connectivity index (χ0) is 15.1. The fourth-order valence-corrected chi connectivity index (χ4v) is 2.28. The summed E-state index contributed by atoms with van der Waals surface area (Å²) in [6.07, 6.45) is 4.81. The molecule has 1 heterocycles. The molecule has 0 aliphatic heterocycles. The molecule has 2 N–H and O–H groups in total. The number of hydrogen-bond acceptors (Lipinski definition) is 3. The van der Waals surface area contributed by atoms with Crippen LogP contribution in [0.4, 0.5) is 5.69 Å². The number of carbonyl (C=O) groups excluding carboxylic acids is 1. The van der Waals surface area contributed by atoms with Gasteiger partial charge in [0.1, 0.15) is 0 Å². The zero-order valence-electron chi connectivity index (χ0n) is 12.3. The van der Waals surface area contributed by atoms with E-state index in [1.807, 2.05) is 37.3 Å². The lowest BCUT2D eigenvalue weighted by Gasteiger charge is -2.24. The van der Waals surface area contributed by atoms with Gasteiger partial charge in [-0.15, -0.1) is 0 Å². The first-order valence-corrected chi connectivity index (χ1v) is 7.23. The van der Waals surface area contributed by atoms with Gasteiger partial charge in [-0.1, -0.05) is 30.3 Å². The Labute approximate surface area is 125 Å². The van der Waals surface area contributed by atoms with Crippen LogP contribution in [0.15, 0.2) is 54.9 Å². The van der Waals surface area contributed by atoms with Crippen LogP contribution in [0.2, 0.25) is 0 Å². The maximum Gasteiger partial charge on any atom is 0.243 e. The van der Waals surface area contributed by atoms with Gasteiger partial charge in [0.25, 0.3) is 0 Å². The lowest BCUT2D eigenvalue weighted by molar-refractivity contribution is -0.119. The number of benzene rings is 1. The average molecular weight is 283 g/mol. The highest BCUT2D eigenvalue weighted by Gasteiger charge is 2.20. The van der Waals surface area contributed by atoms with Crippen LogP contribution in [0.25, 0.3) is 0 Å². The van der Waals surface area contributed by atoms with Gasteiger partial charge in [0.15, 0.2) is 0 Å². The van der Waals surface area contributed by atoms with E-state index in [0.29, 0.717) is 13.0 Å². The van der Waals surface area contributed by atoms with Gasteiger partial charge in [0, 0.05) is 24.6 Å². The van der Waals surface area contributed by atoms with Crippen LogP contribution in [0.5, 0.6) is 0 Å². The molecule has 4 heteroatoms. The van der Waals surface area contributed by atoms with Gasteiger partial charge in [-0.05, 0) is 37.5 Å². The highest BCUT2D eigenvalue weighted by Crippen LogP contribution is 2.14. The molecule has 0 radical (unpaired) electrons. The Morgan fingerprint density at radius 1 is 1.19 bits per heavy atom. The highest BCUT2D eigenvalue weighted by molar-refractivity contribution is 5.96. The number of aromatic nitrogens is 1. The Bertz CT molecular complexity index is 557. The predicted octanol–water partition coefficient (Wildman–Crippen LogP) is 2.39. The molecule has 1 amide bonds. The Kier molecular flexibility index (Phi) is 5.46. The number of nitrogens with zero attached hydrogens (tertiary/aromatic N) is 2. The van der Waals surface area contributed by atoms with Crippen molar-refractivity contribution in [3.05, 3.63) is 60.4 Å². The first-order chi connectivity index (χ1) is 10.2. The molecule has 1 unspecified atom stereocenters. The van der Waals surface area contributed by atoms with E-state index in [1.165, 1.54) is 5.56 Å². The summed E-state index contributed by atoms with van der Waals surface area (Å²) in [5, 5.41) is 0. The summed E-state index contributed by atoms with van der Waals surface area (Å²) in [5.74, 6) is -0.0420. The Hall–Kier alpha value is -2.20. The molecule has 0 saturated heterocycles. The molecule has 0 saturated carbocycles. The normalized spacial score (nSPS) is 11.9. The van der Waals surface area contributed by atoms with Gasteiger partial charge < -0.3 is 10.6 Å². The molecule has 0 aliphatic rings. The third-order valence-corrected chi connectivity index (χ3v) is 3.46. The smallest absolute Gasteiger partial charge is 0.243 e. The first kappa shape index (κ1) is 15.2. The van der Waals surface area contributed by atoms with E-state index < -0.39 is 6.04 Å². The number of rotatable bonds is 6. The summed E-state index contributed by atoms with van der Waals surface area (Å²) < 4.78 is 0. The van der Waals surface area contributed by atoms with E-state index in [0.717, 1.165) is 12.1 Å². The second-order valence-corrected chi connectivity index (χ2v) is 4.92. The molecule has 0 aliphatic carbocycles. The quantitative estimate of drug-likeness (QED) is 0.885. The minimum atomic E-state index is -0.488. The summed E-state index contributed by atoms with van der Waals surface area (Å²) in [7, 11) is 0. The van der Waals surface area contributed by atoms with Crippen molar-refractivity contribution in [3.8, 4) is 0 Å². The molecule has 2 aromatic rings. The van der Waals surface area contributed by atoms with E-state index in [1.54, 1.807) is 17.3 Å². The number of amides is 1. The number of hydrogen-bond donors (Lipinski definition) is 1. The van der Waals surface area contributed by atoms with Crippen molar-refractivity contribution in [1.82, 2.24) is 4.98 Å². The first-order valence-electron chi connectivity index (χ1n) is 7.23. The van der Waals surface area contributed by atoms with Gasteiger partial charge in [-0.25, -0.2) is 0 Å². The third kappa shape index (κ3) is 4.13. The number of carbonyl (C=O) groups is 1. The van der Waals surface area contributed by atoms with Gasteiger partial charge in [-0.2, -0.15) is 0 Å². The molecule has 1 atom stereocenters. The minimum absolute atomic E-state index is 0.0420. The maximum atomic E-state index is 12.5. The molecule has 0 fully saturated rings. The standard InChI is InChI=1S/C17H21N3O/c1-2-20(15-10-12-19-13-11-15)17(21)16(18)9-8-14-6-4-3-5-7-14/h3-7,10-13,16H,2,8-9,18H2,1H3. The number of aryl methyl sites for hydroxylation is 1. The zero-order valence-corrected chi connectivity index (χ0v) is 12.3. The fraction of sp³-hybridized carbons (Fsp3) is 0.294. The Morgan fingerprint density at radius 2 is 1.86 bits per heavy atom. The van der Waals surface area contributed by atoms with E-state index in [2.05, 4.69) is 17.1 Å². The van der Waals surface area contributed by atoms with E-state index in [-0.39, 0.29) is 5.91 Å². The van der Waals surface area contributed by atoms with Crippen LogP contribution >= 0.6 is 0 Å². The predicted molar refractivity (Wildman–Crippen MR) is 85.0 cm³/mol. The summed E-state index contributed by atoms with van der Waals surface area (Å²) in [4.78, 5) is 18.2. The lowest BCUT2D eigenvalue weighted by Crippen LogP contribution is -2.44. The molecule has 21 heavy (non-hydrogen) atoms. The molecule has 2 rings (SSSR count). The number of anilines is 1. The average Bonchev–Trinajstić information content (AvgIpc) is 2.55. The summed E-state index contributed by atoms with van der Waals surface area (Å²) in [6.45, 7) is 2.55. The van der Waals surface area contributed by atoms with Crippen LogP contribution in [0.1, 0.15) is 18.9 Å². The van der Waals surface area contributed by atoms with E-state index in [4.69, 9.17) is 5.73 Å². The molecule has 0 spiro atoms. The van der Waals surface area contributed by atoms with Crippen LogP contribution < -0.4 is 10.6 Å². The second kappa shape index (κ2) is 7.55. The molecule has 110 valence electrons. The Morgan fingerprint density at radius 3 is 2.48 bits per heavy atom. The topological polar surface area (TPSA) is 59.2 Å². The minimum Gasteiger partial charge on any atom is -0.320 e. The van der Waals surface area contributed by atoms with E-state index >= 15 is 0 Å². The maximum absolute atomic E-state index is 12.5. The molecular weight excluding hydrogens is 262 g/mol. The summed E-state index contributed by atoms with van der Waals surface area (Å²) in [6, 6.07) is 13.2. The van der Waals surface area contributed by atoms with Crippen LogP contribution in [-0.2, 0) is 11.2 Å². The van der Waals surface area contributed by atoms with Crippen molar-refractivity contribution < 1.29 is 4.79 Å². The fourth-order valence-electron chi connectivity index (χ4n) is 2.28. The van der Waals surface area contributed by atoms with Crippen LogP contribution in [0.3, 0.4) is 0 Å². The summed E-state index contributed by atoms with van der Waals surface area (Å²) >= 11 is 0. The van der Waals surface area contributed by atoms with Gasteiger partial charge in [-0.3, -0.25) is 9.78 Å². The third-order valence-electron chi connectivity index (χ3n) is 3.46. The SMILES string of the molecule is CCN(C(=O)C(N)CCc1ccccc1)c1ccncc1. The summed E-state index contributed by atoms with van der Waals surface area (Å²) in [5.41, 5.74) is 8.11. The number of nitrogens with two attached hydrogens (primary N) is 1. The van der Waals surface area contributed by atoms with Crippen molar-refractivity contribution >= 4 is 11.6 Å². The van der Waals surface area contributed by atoms with E-state index in [9.17, 15) is 4.79 Å².